The number of anilines is 3. The zero-order valence-corrected chi connectivity index (χ0v) is 15.9. The zero-order chi connectivity index (χ0) is 23.2. The predicted molar refractivity (Wildman–Crippen MR) is 106 cm³/mol. The second-order valence-electron chi connectivity index (χ2n) is 6.66. The van der Waals surface area contributed by atoms with Gasteiger partial charge in [0.1, 0.15) is 17.3 Å². The summed E-state index contributed by atoms with van der Waals surface area (Å²) < 4.78 is 56.4. The monoisotopic (exact) mass is 447 g/mol. The number of carboxylic acid groups (broad SMARTS) is 1. The van der Waals surface area contributed by atoms with E-state index in [1.807, 2.05) is 5.32 Å². The minimum atomic E-state index is -1.44. The highest BCUT2D eigenvalue weighted by molar-refractivity contribution is 5.91. The quantitative estimate of drug-likeness (QED) is 0.278. The van der Waals surface area contributed by atoms with Crippen molar-refractivity contribution in [2.45, 2.75) is 6.42 Å². The fourth-order valence-corrected chi connectivity index (χ4v) is 3.17. The summed E-state index contributed by atoms with van der Waals surface area (Å²) in [5.41, 5.74) is 11.3. The van der Waals surface area contributed by atoms with E-state index in [4.69, 9.17) is 16.6 Å². The first kappa shape index (κ1) is 20.8. The number of amides is 1. The average Bonchev–Trinajstić information content (AvgIpc) is 3.05. The molecule has 0 aliphatic rings. The van der Waals surface area contributed by atoms with Crippen LogP contribution in [0, 0.1) is 23.3 Å². The van der Waals surface area contributed by atoms with Crippen LogP contribution < -0.4 is 16.8 Å². The summed E-state index contributed by atoms with van der Waals surface area (Å²) in [7, 11) is 0. The SMILES string of the molecule is Nc1nc(-n2nc(Cc3cc(F)cc(F)c3F)c3cc(F)ccc32)nc(N)c1NC(=O)O. The predicted octanol–water partition coefficient (Wildman–Crippen LogP) is 3.22. The van der Waals surface area contributed by atoms with Gasteiger partial charge in [-0.05, 0) is 29.8 Å². The van der Waals surface area contributed by atoms with Crippen LogP contribution in [0.1, 0.15) is 11.3 Å². The summed E-state index contributed by atoms with van der Waals surface area (Å²) in [6, 6.07) is 4.78. The number of hydrogen-bond acceptors (Lipinski definition) is 6. The van der Waals surface area contributed by atoms with Crippen molar-refractivity contribution in [2.24, 2.45) is 0 Å². The summed E-state index contributed by atoms with van der Waals surface area (Å²) in [4.78, 5) is 18.8. The minimum Gasteiger partial charge on any atom is -0.465 e. The van der Waals surface area contributed by atoms with Gasteiger partial charge in [0, 0.05) is 17.9 Å². The van der Waals surface area contributed by atoms with E-state index in [0.717, 1.165) is 22.9 Å². The third kappa shape index (κ3) is 3.71. The highest BCUT2D eigenvalue weighted by atomic mass is 19.2. The molecule has 0 spiro atoms. The van der Waals surface area contributed by atoms with Crippen LogP contribution in [0.25, 0.3) is 16.9 Å². The minimum absolute atomic E-state index is 0.0666. The molecule has 6 N–H and O–H groups in total. The number of nitrogen functional groups attached to an aromatic ring is 2. The Kier molecular flexibility index (Phi) is 5.00. The van der Waals surface area contributed by atoms with Gasteiger partial charge in [0.15, 0.2) is 23.3 Å². The molecule has 0 atom stereocenters. The number of nitrogens with zero attached hydrogens (tertiary/aromatic N) is 4. The first-order valence-corrected chi connectivity index (χ1v) is 8.88. The number of aromatic nitrogens is 4. The first-order chi connectivity index (χ1) is 15.1. The van der Waals surface area contributed by atoms with Crippen LogP contribution in [-0.4, -0.2) is 30.9 Å². The molecular weight excluding hydrogens is 434 g/mol. The molecule has 0 saturated heterocycles. The Bertz CT molecular complexity index is 1370. The molecule has 9 nitrogen and oxygen atoms in total. The lowest BCUT2D eigenvalue weighted by Crippen LogP contribution is -2.16. The van der Waals surface area contributed by atoms with Crippen molar-refractivity contribution < 1.29 is 27.5 Å². The number of hydrogen-bond donors (Lipinski definition) is 4. The van der Waals surface area contributed by atoms with Crippen molar-refractivity contribution in [3.05, 3.63) is 64.9 Å². The number of halogens is 4. The molecule has 0 saturated carbocycles. The number of nitrogens with one attached hydrogen (secondary N) is 1. The number of carbonyl (C=O) groups is 1. The molecule has 0 radical (unpaired) electrons. The molecule has 0 unspecified atom stereocenters. The van der Waals surface area contributed by atoms with Crippen LogP contribution in [0.3, 0.4) is 0 Å². The van der Waals surface area contributed by atoms with Gasteiger partial charge in [-0.1, -0.05) is 0 Å². The summed E-state index contributed by atoms with van der Waals surface area (Å²) in [6.07, 6.45) is -1.82. The standard InChI is InChI=1S/C19H13F4N7O2/c20-8-1-2-13-10(5-8)12(4-7-3-9(21)6-11(22)14(7)23)29-30(13)18-27-16(24)15(17(25)28-18)26-19(31)32/h1-3,5-6,26H,4H2,(H,31,32)(H4,24,25,27,28). The molecule has 4 aromatic rings. The molecule has 0 fully saturated rings. The fourth-order valence-electron chi connectivity index (χ4n) is 3.17. The Labute approximate surface area is 176 Å². The molecule has 0 aliphatic carbocycles. The molecule has 13 heteroatoms. The second-order valence-corrected chi connectivity index (χ2v) is 6.66. The molecular formula is C19H13F4N7O2. The van der Waals surface area contributed by atoms with Gasteiger partial charge in [-0.25, -0.2) is 22.4 Å². The lowest BCUT2D eigenvalue weighted by atomic mass is 10.1. The third-order valence-corrected chi connectivity index (χ3v) is 4.52. The van der Waals surface area contributed by atoms with E-state index in [2.05, 4.69) is 15.1 Å². The Hall–Kier alpha value is -4.42. The van der Waals surface area contributed by atoms with Gasteiger partial charge >= 0.3 is 6.09 Å². The first-order valence-electron chi connectivity index (χ1n) is 8.88. The van der Waals surface area contributed by atoms with Crippen molar-refractivity contribution >= 4 is 34.3 Å². The number of benzene rings is 2. The van der Waals surface area contributed by atoms with Crippen molar-refractivity contribution in [1.82, 2.24) is 19.7 Å². The van der Waals surface area contributed by atoms with Crippen molar-refractivity contribution in [2.75, 3.05) is 16.8 Å². The van der Waals surface area contributed by atoms with Crippen LogP contribution in [-0.2, 0) is 6.42 Å². The summed E-state index contributed by atoms with van der Waals surface area (Å²) >= 11 is 0. The second kappa shape index (κ2) is 7.68. The Morgan fingerprint density at radius 3 is 2.38 bits per heavy atom. The van der Waals surface area contributed by atoms with Gasteiger partial charge in [0.05, 0.1) is 11.2 Å². The van der Waals surface area contributed by atoms with E-state index in [9.17, 15) is 22.4 Å². The van der Waals surface area contributed by atoms with Gasteiger partial charge in [-0.15, -0.1) is 0 Å². The van der Waals surface area contributed by atoms with Gasteiger partial charge in [-0.2, -0.15) is 19.7 Å². The van der Waals surface area contributed by atoms with E-state index >= 15 is 0 Å². The lowest BCUT2D eigenvalue weighted by Gasteiger charge is -2.10. The van der Waals surface area contributed by atoms with Gasteiger partial charge < -0.3 is 16.6 Å². The topological polar surface area (TPSA) is 145 Å². The molecule has 164 valence electrons. The van der Waals surface area contributed by atoms with Gasteiger partial charge in [0.2, 0.25) is 0 Å². The highest BCUT2D eigenvalue weighted by Crippen LogP contribution is 2.28. The van der Waals surface area contributed by atoms with E-state index in [1.165, 1.54) is 6.07 Å². The highest BCUT2D eigenvalue weighted by Gasteiger charge is 2.20. The van der Waals surface area contributed by atoms with Crippen molar-refractivity contribution in [1.29, 1.82) is 0 Å². The van der Waals surface area contributed by atoms with Crippen LogP contribution in [0.15, 0.2) is 30.3 Å². The van der Waals surface area contributed by atoms with Crippen LogP contribution in [0.5, 0.6) is 0 Å². The molecule has 1 amide bonds. The van der Waals surface area contributed by atoms with E-state index < -0.39 is 29.4 Å². The summed E-state index contributed by atoms with van der Waals surface area (Å²) in [6.45, 7) is 0. The Morgan fingerprint density at radius 2 is 1.72 bits per heavy atom. The molecule has 0 bridgehead atoms. The van der Waals surface area contributed by atoms with Gasteiger partial charge in [0.25, 0.3) is 5.95 Å². The molecule has 0 aliphatic heterocycles. The lowest BCUT2D eigenvalue weighted by molar-refractivity contribution is 0.209. The molecule has 2 heterocycles. The largest absolute Gasteiger partial charge is 0.465 e. The summed E-state index contributed by atoms with van der Waals surface area (Å²) in [5, 5.41) is 15.3. The molecule has 2 aromatic heterocycles. The Morgan fingerprint density at radius 1 is 1.03 bits per heavy atom. The van der Waals surface area contributed by atoms with E-state index in [-0.39, 0.29) is 51.9 Å². The smallest absolute Gasteiger partial charge is 0.409 e. The maximum absolute atomic E-state index is 14.2. The fraction of sp³-hybridized carbons (Fsp3) is 0.0526. The maximum atomic E-state index is 14.2. The third-order valence-electron chi connectivity index (χ3n) is 4.52. The summed E-state index contributed by atoms with van der Waals surface area (Å²) in [5.74, 6) is -5.06. The number of fused-ring (bicyclic) bond motifs is 1. The van der Waals surface area contributed by atoms with Crippen molar-refractivity contribution in [3.63, 3.8) is 0 Å². The average molecular weight is 447 g/mol. The van der Waals surface area contributed by atoms with Gasteiger partial charge in [-0.3, -0.25) is 5.32 Å². The van der Waals surface area contributed by atoms with Crippen LogP contribution in [0.4, 0.5) is 39.7 Å². The number of rotatable bonds is 4. The molecule has 2 aromatic carbocycles. The normalized spacial score (nSPS) is 11.1. The zero-order valence-electron chi connectivity index (χ0n) is 15.9. The molecule has 32 heavy (non-hydrogen) atoms. The van der Waals surface area contributed by atoms with E-state index in [0.29, 0.717) is 6.07 Å². The number of nitrogens with two attached hydrogens (primary N) is 2. The maximum Gasteiger partial charge on any atom is 0.409 e. The van der Waals surface area contributed by atoms with Crippen LogP contribution in [0.2, 0.25) is 0 Å². The Balaban J connectivity index is 1.87. The molecule has 4 rings (SSSR count). The van der Waals surface area contributed by atoms with Crippen LogP contribution >= 0.6 is 0 Å². The van der Waals surface area contributed by atoms with E-state index in [1.54, 1.807) is 0 Å². The van der Waals surface area contributed by atoms with Crippen molar-refractivity contribution in [3.8, 4) is 5.95 Å².